The molecule has 1 aliphatic heterocycles. The van der Waals surface area contributed by atoms with E-state index in [4.69, 9.17) is 57.8 Å². The van der Waals surface area contributed by atoms with Crippen LogP contribution in [0, 0.1) is 0 Å². The summed E-state index contributed by atoms with van der Waals surface area (Å²) in [6.07, 6.45) is -1.23. The molecule has 1 rings (SSSR count). The Bertz CT molecular complexity index is 839. The van der Waals surface area contributed by atoms with Gasteiger partial charge in [0, 0.05) is 78.0 Å². The molecule has 0 radical (unpaired) electrons. The third-order valence-electron chi connectivity index (χ3n) is 8.25. The van der Waals surface area contributed by atoms with Crippen molar-refractivity contribution >= 4 is 36.4 Å². The van der Waals surface area contributed by atoms with Crippen LogP contribution in [-0.2, 0) is 4.74 Å². The van der Waals surface area contributed by atoms with Crippen LogP contribution in [0.1, 0.15) is 96.9 Å². The Balaban J connectivity index is -0.000000162. The quantitative estimate of drug-likeness (QED) is 0.0343. The van der Waals surface area contributed by atoms with E-state index < -0.39 is 23.9 Å². The average molecular weight is 958 g/mol. The number of aliphatic hydroxyl groups excluding tert-OH is 10. The molecule has 1 unspecified atom stereocenters. The molecule has 1 aliphatic rings. The molecule has 0 amide bonds. The number of aliphatic hydroxyl groups is 10. The fraction of sp³-hybridized carbons (Fsp3) is 1.00. The lowest BCUT2D eigenvalue weighted by Gasteiger charge is -2.28. The molecular formula is C40H96Cl3N7O11. The summed E-state index contributed by atoms with van der Waals surface area (Å²) in [4.78, 5) is 0. The average Bonchev–Trinajstić information content (AvgIpc) is 4.02. The molecule has 0 aromatic heterocycles. The van der Waals surface area contributed by atoms with Gasteiger partial charge in [0.05, 0.1) is 83.2 Å². The van der Waals surface area contributed by atoms with Crippen molar-refractivity contribution in [1.82, 2.24) is 31.9 Å². The van der Waals surface area contributed by atoms with Crippen molar-refractivity contribution in [2.24, 2.45) is 5.73 Å². The second-order valence-corrected chi connectivity index (χ2v) is 20.1. The van der Waals surface area contributed by atoms with Gasteiger partial charge in [0.25, 0.3) is 0 Å². The maximum atomic E-state index is 9.68. The van der Waals surface area contributed by atoms with Crippen LogP contribution in [0.15, 0.2) is 0 Å². The number of halogens is 3. The van der Waals surface area contributed by atoms with E-state index >= 15 is 0 Å². The minimum atomic E-state index is -0.545. The van der Waals surface area contributed by atoms with Gasteiger partial charge in [-0.1, -0.05) is 0 Å². The Morgan fingerprint density at radius 3 is 0.656 bits per heavy atom. The van der Waals surface area contributed by atoms with Crippen molar-refractivity contribution in [3.8, 4) is 0 Å². The lowest BCUT2D eigenvalue weighted by atomic mass is 10.1. The number of hydrogen-bond acceptors (Lipinski definition) is 18. The Labute approximate surface area is 386 Å². The van der Waals surface area contributed by atoms with Crippen LogP contribution in [0.4, 0.5) is 0 Å². The Kier molecular flexibility index (Phi) is 43.3. The number of hydrogen-bond donors (Lipinski definition) is 17. The zero-order valence-corrected chi connectivity index (χ0v) is 42.5. The molecule has 18 N–H and O–H groups in total. The van der Waals surface area contributed by atoms with Crippen molar-refractivity contribution in [2.75, 3.05) is 98.0 Å². The molecule has 18 nitrogen and oxygen atoms in total. The monoisotopic (exact) mass is 956 g/mol. The lowest BCUT2D eigenvalue weighted by molar-refractivity contribution is 0.116. The molecule has 0 aliphatic carbocycles. The minimum Gasteiger partial charge on any atom is -0.394 e. The summed E-state index contributed by atoms with van der Waals surface area (Å²) in [5, 5.41) is 110. The Morgan fingerprint density at radius 1 is 0.443 bits per heavy atom. The van der Waals surface area contributed by atoms with Crippen LogP contribution < -0.4 is 37.6 Å². The second-order valence-electron chi connectivity index (χ2n) is 19.8. The highest BCUT2D eigenvalue weighted by Crippen LogP contribution is 2.09. The highest BCUT2D eigenvalue weighted by Gasteiger charge is 2.23. The summed E-state index contributed by atoms with van der Waals surface area (Å²) in [6, 6.07) is 0. The highest BCUT2D eigenvalue weighted by molar-refractivity contribution is 6.18. The molecule has 1 saturated heterocycles. The van der Waals surface area contributed by atoms with Gasteiger partial charge in [-0.25, -0.2) is 0 Å². The summed E-state index contributed by atoms with van der Waals surface area (Å²) >= 11 is 5.27. The standard InChI is InChI=1S/3C11H26N2O3.C4H11NO.C3H5ClO.2ClH/c3*1-10(2,7-14)12-5-9(16)6-13-11(3,4)8-15;1-4(2,5)3-6;4-1-3-2-5-3;;/h3*9,12-16H,5-8H2,1-4H3;6H,3,5H2,1-2H3;3H,1-2H2;2*1H. The normalized spacial score (nSPS) is 14.6. The molecule has 0 bridgehead atoms. The molecule has 0 aromatic carbocycles. The SMILES string of the molecule is CC(C)(CO)NCC(O)CNC(C)(C)CO.CC(C)(CO)NCC(O)CNC(C)(C)CO.CC(C)(CO)NCC(O)CNC(C)(C)CO.CC(C)(N)CO.Cl.Cl.ClCC1CO1. The van der Waals surface area contributed by atoms with E-state index in [1.165, 1.54) is 0 Å². The molecule has 378 valence electrons. The van der Waals surface area contributed by atoms with Crippen molar-refractivity contribution < 1.29 is 55.8 Å². The number of nitrogens with one attached hydrogen (secondary N) is 6. The number of epoxide rings is 1. The van der Waals surface area contributed by atoms with E-state index in [1.54, 1.807) is 13.8 Å². The molecule has 0 saturated carbocycles. The van der Waals surface area contributed by atoms with Gasteiger partial charge in [-0.2, -0.15) is 0 Å². The van der Waals surface area contributed by atoms with Gasteiger partial charge in [-0.05, 0) is 96.9 Å². The second kappa shape index (κ2) is 36.3. The first kappa shape index (κ1) is 72.7. The third kappa shape index (κ3) is 52.7. The summed E-state index contributed by atoms with van der Waals surface area (Å²) in [7, 11) is 0. The third-order valence-corrected chi connectivity index (χ3v) is 8.60. The summed E-state index contributed by atoms with van der Waals surface area (Å²) in [5.41, 5.74) is 2.59. The van der Waals surface area contributed by atoms with Gasteiger partial charge in [-0.3, -0.25) is 0 Å². The van der Waals surface area contributed by atoms with Crippen molar-refractivity contribution in [2.45, 2.75) is 160 Å². The summed E-state index contributed by atoms with van der Waals surface area (Å²) in [6.45, 7) is 29.4. The van der Waals surface area contributed by atoms with Crippen LogP contribution in [0.5, 0.6) is 0 Å². The number of ether oxygens (including phenoxy) is 1. The number of β-amino-alcohol motifs (C(OH)–C–C–N with tert-alkyl or cyclic N) is 3. The first-order chi connectivity index (χ1) is 26.7. The first-order valence-corrected chi connectivity index (χ1v) is 21.0. The molecule has 1 atom stereocenters. The maximum absolute atomic E-state index is 9.68. The van der Waals surface area contributed by atoms with E-state index in [0.29, 0.717) is 51.3 Å². The van der Waals surface area contributed by atoms with E-state index in [1.807, 2.05) is 83.1 Å². The minimum absolute atomic E-state index is 0. The van der Waals surface area contributed by atoms with Gasteiger partial charge in [0.15, 0.2) is 0 Å². The smallest absolute Gasteiger partial charge is 0.0944 e. The Morgan fingerprint density at radius 2 is 0.590 bits per heavy atom. The number of alkyl halides is 1. The van der Waals surface area contributed by atoms with E-state index in [-0.39, 0.29) is 104 Å². The van der Waals surface area contributed by atoms with E-state index in [0.717, 1.165) is 6.61 Å². The van der Waals surface area contributed by atoms with Crippen molar-refractivity contribution in [3.05, 3.63) is 0 Å². The molecule has 0 aromatic rings. The molecule has 1 heterocycles. The predicted octanol–water partition coefficient (Wildman–Crippen LogP) is -1.61. The highest BCUT2D eigenvalue weighted by atomic mass is 35.5. The van der Waals surface area contributed by atoms with Crippen LogP contribution in [0.3, 0.4) is 0 Å². The fourth-order valence-corrected chi connectivity index (χ4v) is 3.25. The first-order valence-electron chi connectivity index (χ1n) is 20.4. The van der Waals surface area contributed by atoms with Crippen LogP contribution in [0.2, 0.25) is 0 Å². The summed E-state index contributed by atoms with van der Waals surface area (Å²) in [5.74, 6) is 0.667. The van der Waals surface area contributed by atoms with Gasteiger partial charge in [0.1, 0.15) is 0 Å². The number of nitrogens with two attached hydrogens (primary N) is 1. The molecule has 0 spiro atoms. The molecular weight excluding hydrogens is 861 g/mol. The fourth-order valence-electron chi connectivity index (χ4n) is 3.07. The molecule has 1 fully saturated rings. The van der Waals surface area contributed by atoms with Gasteiger partial charge >= 0.3 is 0 Å². The maximum Gasteiger partial charge on any atom is 0.0944 e. The van der Waals surface area contributed by atoms with Crippen LogP contribution >= 0.6 is 36.4 Å². The Hall–Kier alpha value is 0.150. The molecule has 21 heteroatoms. The van der Waals surface area contributed by atoms with Crippen molar-refractivity contribution in [1.29, 1.82) is 0 Å². The van der Waals surface area contributed by atoms with Crippen molar-refractivity contribution in [3.63, 3.8) is 0 Å². The van der Waals surface area contributed by atoms with E-state index in [9.17, 15) is 15.3 Å². The zero-order valence-electron chi connectivity index (χ0n) is 40.1. The topological polar surface area (TPSA) is 313 Å². The largest absolute Gasteiger partial charge is 0.394 e. The predicted molar refractivity (Wildman–Crippen MR) is 253 cm³/mol. The van der Waals surface area contributed by atoms with Gasteiger partial charge in [0.2, 0.25) is 0 Å². The zero-order chi connectivity index (χ0) is 47.4. The van der Waals surface area contributed by atoms with Crippen LogP contribution in [0.25, 0.3) is 0 Å². The van der Waals surface area contributed by atoms with Gasteiger partial charge < -0.3 is 93.4 Å². The molecule has 61 heavy (non-hydrogen) atoms. The number of rotatable bonds is 26. The van der Waals surface area contributed by atoms with Crippen LogP contribution in [-0.4, -0.2) is 212 Å². The summed E-state index contributed by atoms with van der Waals surface area (Å²) < 4.78 is 4.73. The van der Waals surface area contributed by atoms with Gasteiger partial charge in [-0.15, -0.1) is 36.4 Å². The van der Waals surface area contributed by atoms with E-state index in [2.05, 4.69) is 31.9 Å². The lowest BCUT2D eigenvalue weighted by Crippen LogP contribution is -2.51.